The van der Waals surface area contributed by atoms with Gasteiger partial charge in [0.2, 0.25) is 22.9 Å². The average molecular weight is 1610 g/mol. The summed E-state index contributed by atoms with van der Waals surface area (Å²) in [7, 11) is -11.3. The Bertz CT molecular complexity index is 5720. The molecule has 111 heavy (non-hydrogen) atoms. The number of sulfonamides is 3. The van der Waals surface area contributed by atoms with E-state index < -0.39 is 47.9 Å². The summed E-state index contributed by atoms with van der Waals surface area (Å²) < 4.78 is 132. The van der Waals surface area contributed by atoms with Gasteiger partial charge in [-0.05, 0) is 166 Å². The summed E-state index contributed by atoms with van der Waals surface area (Å²) in [5.74, 6) is -0.156. The minimum Gasteiger partial charge on any atom is -0.483 e. The number of nitrogens with zero attached hydrogens (tertiary/aromatic N) is 14. The number of benzene rings is 6. The smallest absolute Gasteiger partial charge is 0.418 e. The van der Waals surface area contributed by atoms with E-state index >= 15 is 0 Å². The number of piperazine rings is 3. The molecule has 4 amide bonds. The van der Waals surface area contributed by atoms with Gasteiger partial charge in [-0.3, -0.25) is 38.3 Å². The van der Waals surface area contributed by atoms with Gasteiger partial charge in [-0.2, -0.15) is 13.2 Å². The van der Waals surface area contributed by atoms with Crippen LogP contribution >= 0.6 is 22.7 Å². The van der Waals surface area contributed by atoms with Crippen molar-refractivity contribution in [2.45, 2.75) is 60.6 Å². The van der Waals surface area contributed by atoms with E-state index in [2.05, 4.69) is 86.5 Å². The molecule has 12 aromatic rings. The lowest BCUT2D eigenvalue weighted by Gasteiger charge is -2.37. The summed E-state index contributed by atoms with van der Waals surface area (Å²) in [6.45, 7) is 12.6. The molecular formula is C75H80F3N17O11S5. The molecule has 36 heteroatoms. The third-order valence-electron chi connectivity index (χ3n) is 19.0. The quantitative estimate of drug-likeness (QED) is 0.0677. The highest BCUT2D eigenvalue weighted by molar-refractivity contribution is 7.93. The molecule has 3 saturated heterocycles. The predicted octanol–water partition coefficient (Wildman–Crippen LogP) is 11.5. The molecule has 3 aliphatic rings. The number of halogens is 3. The van der Waals surface area contributed by atoms with Gasteiger partial charge in [0.15, 0.2) is 11.7 Å². The highest BCUT2D eigenvalue weighted by Crippen LogP contribution is 2.37. The van der Waals surface area contributed by atoms with Crippen LogP contribution in [0.4, 0.5) is 46.3 Å². The zero-order valence-electron chi connectivity index (χ0n) is 60.1. The second-order valence-electron chi connectivity index (χ2n) is 26.1. The van der Waals surface area contributed by atoms with Gasteiger partial charge in [-0.15, -0.1) is 21.5 Å². The van der Waals surface area contributed by atoms with Crippen LogP contribution in [0.5, 0.6) is 5.75 Å². The number of nitrogens with one attached hydrogen (secondary N) is 3. The van der Waals surface area contributed by atoms with Crippen LogP contribution in [0, 0.1) is 13.8 Å². The monoisotopic (exact) mass is 1610 g/mol. The van der Waals surface area contributed by atoms with E-state index in [0.717, 1.165) is 56.3 Å². The summed E-state index contributed by atoms with van der Waals surface area (Å²) in [6.07, 6.45) is 2.92. The zero-order valence-corrected chi connectivity index (χ0v) is 64.2. The summed E-state index contributed by atoms with van der Waals surface area (Å²) in [4.78, 5) is 79.0. The van der Waals surface area contributed by atoms with Crippen molar-refractivity contribution in [3.8, 4) is 5.75 Å². The molecule has 6 aromatic carbocycles. The molecule has 0 aliphatic carbocycles. The van der Waals surface area contributed by atoms with Crippen molar-refractivity contribution >= 4 is 142 Å². The van der Waals surface area contributed by atoms with E-state index in [1.165, 1.54) is 95.9 Å². The van der Waals surface area contributed by atoms with Crippen LogP contribution in [-0.2, 0) is 55.4 Å². The molecule has 2 unspecified atom stereocenters. The van der Waals surface area contributed by atoms with Crippen molar-refractivity contribution in [3.05, 3.63) is 217 Å². The molecule has 3 fully saturated rings. The topological polar surface area (TPSA) is 323 Å². The van der Waals surface area contributed by atoms with Gasteiger partial charge >= 0.3 is 6.18 Å². The Kier molecular flexibility index (Phi) is 23.0. The highest BCUT2D eigenvalue weighted by atomic mass is 32.2. The second kappa shape index (κ2) is 32.9. The van der Waals surface area contributed by atoms with Crippen LogP contribution in [0.15, 0.2) is 214 Å². The fraction of sp³-hybridized carbons (Fsp3) is 0.253. The van der Waals surface area contributed by atoms with Gasteiger partial charge in [0.05, 0.1) is 25.8 Å². The maximum absolute atomic E-state index is 13.3. The lowest BCUT2D eigenvalue weighted by Crippen LogP contribution is -2.53. The number of alkyl halides is 3. The van der Waals surface area contributed by atoms with Crippen LogP contribution in [0.25, 0.3) is 32.7 Å². The van der Waals surface area contributed by atoms with Crippen molar-refractivity contribution in [2.75, 3.05) is 107 Å². The van der Waals surface area contributed by atoms with Crippen molar-refractivity contribution in [1.29, 1.82) is 0 Å². The fourth-order valence-electron chi connectivity index (χ4n) is 13.3. The number of anilines is 6. The van der Waals surface area contributed by atoms with Crippen LogP contribution in [0.3, 0.4) is 0 Å². The van der Waals surface area contributed by atoms with Crippen molar-refractivity contribution in [2.24, 2.45) is 0 Å². The van der Waals surface area contributed by atoms with Crippen LogP contribution in [-0.4, -0.2) is 181 Å². The van der Waals surface area contributed by atoms with Crippen LogP contribution in [0.2, 0.25) is 0 Å². The SMILES string of the molecule is Cc1cc2ccccc2n1C(C)C(=O)N1CCN(c2ccc(S(=O)(=O)Nc3nccs3)cc2)C(=O)C1.Cc1ccc2c(ccn2C(C)C(=O)N2CCN(c3ccc(S(=O)(=O)Nc4ccncn4)cc3)CC2)c1.O=C(COc1ccnc2c(C(F)(F)F)cccc12)N1CCN(c2ccc(S(=O)(=O)Nc3nncs3)cc2)CC1.[HH].[HH].[HH]. The molecule has 0 bridgehead atoms. The minimum absolute atomic E-state index is 0. The standard InChI is InChI=1S/C26H28N6O3S.C25H25N5O4S2.C24H21F3N6O4S2.3H2/c1-19-3-8-24-21(17-19)10-12-32(24)20(2)26(33)31-15-13-30(14-16-31)22-4-6-23(7-5-22)36(34,35)29-25-9-11-27-18-28-25;1-17-15-19-5-3-4-6-22(19)30(17)18(2)24(32)28-12-13-29(23(31)16-28)20-7-9-21(10-8-20)36(33,34)27-25-26-11-14-35-25;25-24(26,27)19-3-1-2-18-20(8-9-28-22(18)19)37-14-21(34)33-12-10-32(11-13-33)16-4-6-17(7-5-16)39(35,36)31-23-30-29-15-38-23;;;/h3-12,17-18,20H,13-16H2,1-2H3,(H,27,28,29);3-11,14-15,18H,12-13,16H2,1-2H3,(H,26,27);1-9,15H,10-14H2,(H,30,31);3*1H. The normalized spacial score (nSPS) is 15.0. The minimum atomic E-state index is -4.56. The number of amides is 4. The number of carbonyl (C=O) groups is 4. The number of carbonyl (C=O) groups excluding carboxylic acids is 4. The number of thiazole rings is 1. The highest BCUT2D eigenvalue weighted by Gasteiger charge is 2.36. The molecule has 2 atom stereocenters. The Labute approximate surface area is 649 Å². The fourth-order valence-corrected chi connectivity index (χ4v) is 17.8. The molecule has 0 saturated carbocycles. The van der Waals surface area contributed by atoms with Crippen molar-refractivity contribution in [1.82, 2.24) is 54.0 Å². The third kappa shape index (κ3) is 17.8. The zero-order chi connectivity index (χ0) is 78.4. The Morgan fingerprint density at radius 2 is 1.18 bits per heavy atom. The van der Waals surface area contributed by atoms with Gasteiger partial charge in [0.1, 0.15) is 42.0 Å². The molecule has 3 N–H and O–H groups in total. The molecule has 3 aliphatic heterocycles. The molecular weight excluding hydrogens is 1530 g/mol. The first-order valence-electron chi connectivity index (χ1n) is 34.9. The van der Waals surface area contributed by atoms with E-state index in [0.29, 0.717) is 71.1 Å². The van der Waals surface area contributed by atoms with E-state index in [1.54, 1.807) is 68.6 Å². The van der Waals surface area contributed by atoms with Gasteiger partial charge in [-0.1, -0.05) is 47.2 Å². The van der Waals surface area contributed by atoms with Gasteiger partial charge < -0.3 is 43.3 Å². The molecule has 0 spiro atoms. The lowest BCUT2D eigenvalue weighted by atomic mass is 10.1. The largest absolute Gasteiger partial charge is 0.483 e. The Balaban J connectivity index is 0.000000179. The Morgan fingerprint density at radius 3 is 1.78 bits per heavy atom. The number of aryl methyl sites for hydroxylation is 2. The van der Waals surface area contributed by atoms with Crippen molar-refractivity contribution in [3.63, 3.8) is 0 Å². The Hall–Kier alpha value is -11.6. The average Bonchev–Trinajstić information content (AvgIpc) is 1.46. The van der Waals surface area contributed by atoms with E-state index in [1.807, 2.05) is 70.2 Å². The number of ether oxygens (including phenoxy) is 1. The molecule has 582 valence electrons. The van der Waals surface area contributed by atoms with Crippen LogP contribution < -0.4 is 33.6 Å². The van der Waals surface area contributed by atoms with Crippen LogP contribution in [0.1, 0.15) is 47.0 Å². The molecule has 28 nitrogen and oxygen atoms in total. The van der Waals surface area contributed by atoms with Crippen molar-refractivity contribution < 1.29 is 66.6 Å². The molecule has 6 aromatic heterocycles. The maximum Gasteiger partial charge on any atom is 0.418 e. The number of hydrogen-bond donors (Lipinski definition) is 3. The summed E-state index contributed by atoms with van der Waals surface area (Å²) in [5.41, 5.74) is 6.85. The van der Waals surface area contributed by atoms with Gasteiger partial charge in [0.25, 0.3) is 36.0 Å². The third-order valence-corrected chi connectivity index (χ3v) is 24.7. The summed E-state index contributed by atoms with van der Waals surface area (Å²) in [6, 6.07) is 43.4. The summed E-state index contributed by atoms with van der Waals surface area (Å²) in [5, 5.41) is 11.8. The number of fused-ring (bicyclic) bond motifs is 3. The number of hydrogen-bond acceptors (Lipinski definition) is 21. The van der Waals surface area contributed by atoms with Gasteiger partial charge in [-0.25, -0.2) is 40.2 Å². The number of pyridine rings is 1. The first kappa shape index (κ1) is 77.6. The van der Waals surface area contributed by atoms with Gasteiger partial charge in [0, 0.05) is 139 Å². The summed E-state index contributed by atoms with van der Waals surface area (Å²) >= 11 is 2.26. The number of para-hydroxylation sites is 2. The van der Waals surface area contributed by atoms with E-state index in [-0.39, 0.29) is 94.5 Å². The number of aromatic nitrogens is 8. The van der Waals surface area contributed by atoms with E-state index in [4.69, 9.17) is 4.74 Å². The first-order chi connectivity index (χ1) is 53.2. The molecule has 0 radical (unpaired) electrons. The second-order valence-corrected chi connectivity index (χ2v) is 32.9. The maximum atomic E-state index is 13.3. The molecule has 9 heterocycles. The predicted molar refractivity (Wildman–Crippen MR) is 424 cm³/mol. The van der Waals surface area contributed by atoms with E-state index in [9.17, 15) is 57.6 Å². The lowest BCUT2D eigenvalue weighted by molar-refractivity contribution is -0.139. The molecule has 15 rings (SSSR count). The Morgan fingerprint density at radius 1 is 0.577 bits per heavy atom. The number of rotatable bonds is 19. The first-order valence-corrected chi connectivity index (χ1v) is 41.1.